The summed E-state index contributed by atoms with van der Waals surface area (Å²) >= 11 is 0. The highest BCUT2D eigenvalue weighted by atomic mass is 16.5. The fraction of sp³-hybridized carbons (Fsp3) is 0.615. The van der Waals surface area contributed by atoms with Crippen molar-refractivity contribution in [3.8, 4) is 0 Å². The SMILES string of the molecule is CC(C)NCCOCCCc1ccncc1. The average Bonchev–Trinajstić information content (AvgIpc) is 2.29. The van der Waals surface area contributed by atoms with Gasteiger partial charge < -0.3 is 10.1 Å². The molecule has 0 aliphatic carbocycles. The minimum absolute atomic E-state index is 0.542. The minimum atomic E-state index is 0.542. The molecule has 16 heavy (non-hydrogen) atoms. The van der Waals surface area contributed by atoms with Crippen molar-refractivity contribution in [3.63, 3.8) is 0 Å². The van der Waals surface area contributed by atoms with Crippen molar-refractivity contribution >= 4 is 0 Å². The topological polar surface area (TPSA) is 34.1 Å². The number of hydrogen-bond donors (Lipinski definition) is 1. The van der Waals surface area contributed by atoms with Gasteiger partial charge in [0.25, 0.3) is 0 Å². The maximum absolute atomic E-state index is 5.53. The van der Waals surface area contributed by atoms with Crippen LogP contribution < -0.4 is 5.32 Å². The molecule has 0 fully saturated rings. The van der Waals surface area contributed by atoms with Crippen LogP contribution in [0.2, 0.25) is 0 Å². The van der Waals surface area contributed by atoms with Crippen LogP contribution in [0, 0.1) is 0 Å². The Balaban J connectivity index is 1.93. The first kappa shape index (κ1) is 13.1. The largest absolute Gasteiger partial charge is 0.380 e. The van der Waals surface area contributed by atoms with E-state index in [-0.39, 0.29) is 0 Å². The quantitative estimate of drug-likeness (QED) is 0.683. The lowest BCUT2D eigenvalue weighted by molar-refractivity contribution is 0.132. The first-order valence-electron chi connectivity index (χ1n) is 5.99. The Morgan fingerprint density at radius 1 is 1.25 bits per heavy atom. The molecule has 0 amide bonds. The van der Waals surface area contributed by atoms with Gasteiger partial charge in [0, 0.05) is 31.6 Å². The Morgan fingerprint density at radius 2 is 2.00 bits per heavy atom. The molecular formula is C13H22N2O. The molecule has 1 aromatic rings. The minimum Gasteiger partial charge on any atom is -0.380 e. The van der Waals surface area contributed by atoms with Crippen molar-refractivity contribution in [2.24, 2.45) is 0 Å². The molecule has 1 aromatic heterocycles. The fourth-order valence-electron chi connectivity index (χ4n) is 1.45. The molecule has 0 aliphatic rings. The maximum atomic E-state index is 5.53. The summed E-state index contributed by atoms with van der Waals surface area (Å²) < 4.78 is 5.53. The summed E-state index contributed by atoms with van der Waals surface area (Å²) in [5.41, 5.74) is 1.33. The number of pyridine rings is 1. The number of aryl methyl sites for hydroxylation is 1. The molecule has 0 aromatic carbocycles. The molecular weight excluding hydrogens is 200 g/mol. The summed E-state index contributed by atoms with van der Waals surface area (Å²) in [7, 11) is 0. The second kappa shape index (κ2) is 8.25. The van der Waals surface area contributed by atoms with Crippen LogP contribution in [0.15, 0.2) is 24.5 Å². The third-order valence-corrected chi connectivity index (χ3v) is 2.30. The van der Waals surface area contributed by atoms with Crippen LogP contribution in [0.3, 0.4) is 0 Å². The summed E-state index contributed by atoms with van der Waals surface area (Å²) in [5.74, 6) is 0. The standard InChI is InChI=1S/C13H22N2O/c1-12(2)15-9-11-16-10-3-4-13-5-7-14-8-6-13/h5-8,12,15H,3-4,9-11H2,1-2H3. The molecule has 1 rings (SSSR count). The van der Waals surface area contributed by atoms with E-state index in [1.807, 2.05) is 12.4 Å². The molecule has 90 valence electrons. The molecule has 0 atom stereocenters. The van der Waals surface area contributed by atoms with Gasteiger partial charge in [0.05, 0.1) is 6.61 Å². The number of ether oxygens (including phenoxy) is 1. The first-order chi connectivity index (χ1) is 7.79. The van der Waals surface area contributed by atoms with Crippen molar-refractivity contribution in [2.45, 2.75) is 32.7 Å². The summed E-state index contributed by atoms with van der Waals surface area (Å²) in [6.45, 7) is 6.86. The lowest BCUT2D eigenvalue weighted by atomic mass is 10.1. The maximum Gasteiger partial charge on any atom is 0.0590 e. The van der Waals surface area contributed by atoms with Gasteiger partial charge in [-0.25, -0.2) is 0 Å². The van der Waals surface area contributed by atoms with Gasteiger partial charge in [0.2, 0.25) is 0 Å². The van der Waals surface area contributed by atoms with Crippen molar-refractivity contribution in [1.29, 1.82) is 0 Å². The van der Waals surface area contributed by atoms with Gasteiger partial charge in [-0.1, -0.05) is 13.8 Å². The van der Waals surface area contributed by atoms with Crippen LogP contribution >= 0.6 is 0 Å². The Bertz CT molecular complexity index is 262. The molecule has 0 bridgehead atoms. The van der Waals surface area contributed by atoms with Crippen molar-refractivity contribution in [2.75, 3.05) is 19.8 Å². The van der Waals surface area contributed by atoms with Gasteiger partial charge in [-0.2, -0.15) is 0 Å². The molecule has 0 unspecified atom stereocenters. The number of rotatable bonds is 8. The monoisotopic (exact) mass is 222 g/mol. The summed E-state index contributed by atoms with van der Waals surface area (Å²) in [5, 5.41) is 3.32. The number of nitrogens with one attached hydrogen (secondary N) is 1. The van der Waals surface area contributed by atoms with Crippen molar-refractivity contribution < 1.29 is 4.74 Å². The van der Waals surface area contributed by atoms with E-state index < -0.39 is 0 Å². The van der Waals surface area contributed by atoms with Crippen LogP contribution in [-0.2, 0) is 11.2 Å². The van der Waals surface area contributed by atoms with Crippen LogP contribution in [-0.4, -0.2) is 30.8 Å². The molecule has 1 heterocycles. The predicted molar refractivity (Wildman–Crippen MR) is 66.5 cm³/mol. The lowest BCUT2D eigenvalue weighted by Gasteiger charge is -2.08. The van der Waals surface area contributed by atoms with E-state index in [9.17, 15) is 0 Å². The highest BCUT2D eigenvalue weighted by Crippen LogP contribution is 2.00. The third-order valence-electron chi connectivity index (χ3n) is 2.30. The van der Waals surface area contributed by atoms with E-state index >= 15 is 0 Å². The van der Waals surface area contributed by atoms with Crippen LogP contribution in [0.25, 0.3) is 0 Å². The molecule has 0 saturated carbocycles. The van der Waals surface area contributed by atoms with E-state index in [4.69, 9.17) is 4.74 Å². The Morgan fingerprint density at radius 3 is 2.69 bits per heavy atom. The van der Waals surface area contributed by atoms with Gasteiger partial charge in [0.1, 0.15) is 0 Å². The average molecular weight is 222 g/mol. The first-order valence-corrected chi connectivity index (χ1v) is 5.99. The van der Waals surface area contributed by atoms with Gasteiger partial charge in [-0.3, -0.25) is 4.98 Å². The summed E-state index contributed by atoms with van der Waals surface area (Å²) in [6.07, 6.45) is 5.82. The zero-order valence-electron chi connectivity index (χ0n) is 10.3. The Labute approximate surface area is 98.2 Å². The van der Waals surface area contributed by atoms with Gasteiger partial charge >= 0.3 is 0 Å². The fourth-order valence-corrected chi connectivity index (χ4v) is 1.45. The predicted octanol–water partition coefficient (Wildman–Crippen LogP) is 2.03. The second-order valence-electron chi connectivity index (χ2n) is 4.18. The van der Waals surface area contributed by atoms with Crippen LogP contribution in [0.5, 0.6) is 0 Å². The van der Waals surface area contributed by atoms with Gasteiger partial charge in [-0.15, -0.1) is 0 Å². The third kappa shape index (κ3) is 6.53. The molecule has 0 radical (unpaired) electrons. The molecule has 3 heteroatoms. The zero-order chi connectivity index (χ0) is 11.6. The smallest absolute Gasteiger partial charge is 0.0590 e. The van der Waals surface area contributed by atoms with Crippen LogP contribution in [0.1, 0.15) is 25.8 Å². The molecule has 1 N–H and O–H groups in total. The summed E-state index contributed by atoms with van der Waals surface area (Å²) in [4.78, 5) is 3.99. The number of nitrogens with zero attached hydrogens (tertiary/aromatic N) is 1. The molecule has 0 saturated heterocycles. The Hall–Kier alpha value is -0.930. The van der Waals surface area contributed by atoms with Gasteiger partial charge in [-0.05, 0) is 30.5 Å². The lowest BCUT2D eigenvalue weighted by Crippen LogP contribution is -2.26. The Kier molecular flexibility index (Phi) is 6.77. The zero-order valence-corrected chi connectivity index (χ0v) is 10.3. The highest BCUT2D eigenvalue weighted by molar-refractivity contribution is 5.09. The number of hydrogen-bond acceptors (Lipinski definition) is 3. The van der Waals surface area contributed by atoms with Crippen LogP contribution in [0.4, 0.5) is 0 Å². The number of aromatic nitrogens is 1. The van der Waals surface area contributed by atoms with E-state index in [0.717, 1.165) is 32.6 Å². The molecule has 0 aliphatic heterocycles. The van der Waals surface area contributed by atoms with E-state index in [2.05, 4.69) is 36.3 Å². The highest BCUT2D eigenvalue weighted by Gasteiger charge is 1.94. The van der Waals surface area contributed by atoms with E-state index in [1.54, 1.807) is 0 Å². The van der Waals surface area contributed by atoms with Crippen molar-refractivity contribution in [3.05, 3.63) is 30.1 Å². The normalized spacial score (nSPS) is 10.9. The molecule has 3 nitrogen and oxygen atoms in total. The van der Waals surface area contributed by atoms with Gasteiger partial charge in [0.15, 0.2) is 0 Å². The van der Waals surface area contributed by atoms with E-state index in [0.29, 0.717) is 6.04 Å². The van der Waals surface area contributed by atoms with Crippen molar-refractivity contribution in [1.82, 2.24) is 10.3 Å². The molecule has 0 spiro atoms. The summed E-state index contributed by atoms with van der Waals surface area (Å²) in [6, 6.07) is 4.65. The second-order valence-corrected chi connectivity index (χ2v) is 4.18. The van der Waals surface area contributed by atoms with E-state index in [1.165, 1.54) is 5.56 Å².